The van der Waals surface area contributed by atoms with E-state index in [2.05, 4.69) is 30.4 Å². The molecule has 0 aliphatic heterocycles. The summed E-state index contributed by atoms with van der Waals surface area (Å²) in [6, 6.07) is 7.20. The van der Waals surface area contributed by atoms with E-state index in [9.17, 15) is 4.79 Å². The van der Waals surface area contributed by atoms with Gasteiger partial charge < -0.3 is 5.32 Å². The van der Waals surface area contributed by atoms with E-state index in [1.807, 2.05) is 12.1 Å². The Bertz CT molecular complexity index is 1040. The minimum Gasteiger partial charge on any atom is -0.306 e. The summed E-state index contributed by atoms with van der Waals surface area (Å²) < 4.78 is 1.59. The molecule has 4 rings (SSSR count). The van der Waals surface area contributed by atoms with Gasteiger partial charge in [-0.05, 0) is 25.1 Å². The van der Waals surface area contributed by atoms with Crippen LogP contribution in [0.1, 0.15) is 15.4 Å². The molecule has 0 saturated carbocycles. The Hall–Kier alpha value is -3.46. The number of aryl methyl sites for hydroxylation is 1. The van der Waals surface area contributed by atoms with Gasteiger partial charge in [-0.3, -0.25) is 9.78 Å². The summed E-state index contributed by atoms with van der Waals surface area (Å²) in [4.78, 5) is 30.0. The van der Waals surface area contributed by atoms with Crippen LogP contribution in [0.5, 0.6) is 0 Å². The van der Waals surface area contributed by atoms with Gasteiger partial charge in [0.1, 0.15) is 22.0 Å². The number of carbonyl (C=O) groups is 1. The van der Waals surface area contributed by atoms with Crippen molar-refractivity contribution in [1.82, 2.24) is 29.7 Å². The Balaban J connectivity index is 1.58. The van der Waals surface area contributed by atoms with Gasteiger partial charge in [0.15, 0.2) is 5.82 Å². The van der Waals surface area contributed by atoms with Crippen molar-refractivity contribution in [3.8, 4) is 16.4 Å². The third kappa shape index (κ3) is 3.20. The van der Waals surface area contributed by atoms with E-state index in [0.29, 0.717) is 22.2 Å². The second-order valence-corrected chi connectivity index (χ2v) is 6.34. The SMILES string of the molecule is Cc1nc(-c2cccnc2)sc1C(=O)Nc1cc(-n2cccn2)ncn1. The predicted octanol–water partition coefficient (Wildman–Crippen LogP) is 2.74. The van der Waals surface area contributed by atoms with Crippen LogP contribution in [0.4, 0.5) is 5.82 Å². The van der Waals surface area contributed by atoms with Crippen LogP contribution in [0.3, 0.4) is 0 Å². The Morgan fingerprint density at radius 1 is 1.23 bits per heavy atom. The number of rotatable bonds is 4. The zero-order valence-electron chi connectivity index (χ0n) is 13.7. The number of aromatic nitrogens is 6. The predicted molar refractivity (Wildman–Crippen MR) is 97.2 cm³/mol. The summed E-state index contributed by atoms with van der Waals surface area (Å²) in [5, 5.41) is 7.66. The average Bonchev–Trinajstić information content (AvgIpc) is 3.32. The molecule has 0 atom stereocenters. The highest BCUT2D eigenvalue weighted by atomic mass is 32.1. The first-order valence-corrected chi connectivity index (χ1v) is 8.53. The van der Waals surface area contributed by atoms with Gasteiger partial charge in [0.05, 0.1) is 5.69 Å². The number of nitrogens with one attached hydrogen (secondary N) is 1. The van der Waals surface area contributed by atoms with Crippen molar-refractivity contribution in [2.24, 2.45) is 0 Å². The normalized spacial score (nSPS) is 10.7. The molecule has 4 aromatic rings. The second-order valence-electron chi connectivity index (χ2n) is 5.34. The van der Waals surface area contributed by atoms with Crippen LogP contribution in [0.25, 0.3) is 16.4 Å². The molecular formula is C17H13N7OS. The molecule has 1 amide bonds. The number of nitrogens with zero attached hydrogens (tertiary/aromatic N) is 6. The largest absolute Gasteiger partial charge is 0.306 e. The molecule has 0 aromatic carbocycles. The van der Waals surface area contributed by atoms with Crippen LogP contribution in [-0.2, 0) is 0 Å². The second kappa shape index (κ2) is 6.81. The Morgan fingerprint density at radius 3 is 2.92 bits per heavy atom. The highest BCUT2D eigenvalue weighted by Crippen LogP contribution is 2.27. The van der Waals surface area contributed by atoms with E-state index in [-0.39, 0.29) is 5.91 Å². The number of hydrogen-bond acceptors (Lipinski definition) is 7. The van der Waals surface area contributed by atoms with Gasteiger partial charge in [0.25, 0.3) is 5.91 Å². The Kier molecular flexibility index (Phi) is 4.20. The van der Waals surface area contributed by atoms with Crippen molar-refractivity contribution >= 4 is 23.1 Å². The first-order valence-electron chi connectivity index (χ1n) is 7.72. The maximum Gasteiger partial charge on any atom is 0.268 e. The van der Waals surface area contributed by atoms with Crippen LogP contribution in [0.2, 0.25) is 0 Å². The van der Waals surface area contributed by atoms with E-state index in [0.717, 1.165) is 10.6 Å². The third-order valence-corrected chi connectivity index (χ3v) is 4.75. The van der Waals surface area contributed by atoms with Crippen LogP contribution in [0, 0.1) is 6.92 Å². The van der Waals surface area contributed by atoms with Crippen molar-refractivity contribution in [3.05, 3.63) is 66.0 Å². The molecule has 9 heteroatoms. The summed E-state index contributed by atoms with van der Waals surface area (Å²) in [6.07, 6.45) is 8.22. The molecule has 128 valence electrons. The number of amides is 1. The molecule has 0 fully saturated rings. The lowest BCUT2D eigenvalue weighted by Gasteiger charge is -2.05. The maximum absolute atomic E-state index is 12.6. The Morgan fingerprint density at radius 2 is 2.15 bits per heavy atom. The summed E-state index contributed by atoms with van der Waals surface area (Å²) in [5.41, 5.74) is 1.54. The van der Waals surface area contributed by atoms with E-state index < -0.39 is 0 Å². The van der Waals surface area contributed by atoms with E-state index in [4.69, 9.17) is 0 Å². The van der Waals surface area contributed by atoms with Gasteiger partial charge in [0.2, 0.25) is 0 Å². The van der Waals surface area contributed by atoms with Crippen LogP contribution in [0.15, 0.2) is 55.4 Å². The number of thiazole rings is 1. The monoisotopic (exact) mass is 363 g/mol. The standard InChI is InChI=1S/C17H13N7OS/c1-11-15(26-17(22-11)12-4-2-5-18-9-12)16(25)23-13-8-14(20-10-19-13)24-7-3-6-21-24/h2-10H,1H3,(H,19,20,23,25). The number of carbonyl (C=O) groups excluding carboxylic acids is 1. The van der Waals surface area contributed by atoms with Crippen molar-refractivity contribution in [3.63, 3.8) is 0 Å². The molecule has 0 aliphatic rings. The summed E-state index contributed by atoms with van der Waals surface area (Å²) in [7, 11) is 0. The summed E-state index contributed by atoms with van der Waals surface area (Å²) >= 11 is 1.32. The molecule has 26 heavy (non-hydrogen) atoms. The van der Waals surface area contributed by atoms with E-state index in [1.165, 1.54) is 17.7 Å². The Labute approximate surface area is 152 Å². The van der Waals surface area contributed by atoms with Gasteiger partial charge in [-0.2, -0.15) is 5.10 Å². The first-order chi connectivity index (χ1) is 12.7. The van der Waals surface area contributed by atoms with E-state index >= 15 is 0 Å². The summed E-state index contributed by atoms with van der Waals surface area (Å²) in [5.74, 6) is 0.698. The number of anilines is 1. The molecule has 4 aromatic heterocycles. The number of hydrogen-bond donors (Lipinski definition) is 1. The highest BCUT2D eigenvalue weighted by molar-refractivity contribution is 7.17. The van der Waals surface area contributed by atoms with Crippen molar-refractivity contribution in [2.45, 2.75) is 6.92 Å². The quantitative estimate of drug-likeness (QED) is 0.599. The average molecular weight is 363 g/mol. The van der Waals surface area contributed by atoms with Crippen molar-refractivity contribution in [1.29, 1.82) is 0 Å². The van der Waals surface area contributed by atoms with Gasteiger partial charge in [0, 0.05) is 36.4 Å². The fourth-order valence-electron chi connectivity index (χ4n) is 2.34. The summed E-state index contributed by atoms with van der Waals surface area (Å²) in [6.45, 7) is 1.81. The molecule has 0 radical (unpaired) electrons. The fourth-order valence-corrected chi connectivity index (χ4v) is 3.29. The van der Waals surface area contributed by atoms with Crippen molar-refractivity contribution in [2.75, 3.05) is 5.32 Å². The zero-order valence-corrected chi connectivity index (χ0v) is 14.5. The van der Waals surface area contributed by atoms with Gasteiger partial charge >= 0.3 is 0 Å². The topological polar surface area (TPSA) is 98.5 Å². The van der Waals surface area contributed by atoms with Crippen molar-refractivity contribution < 1.29 is 4.79 Å². The van der Waals surface area contributed by atoms with Gasteiger partial charge in [-0.1, -0.05) is 0 Å². The molecule has 0 aliphatic carbocycles. The molecule has 0 unspecified atom stereocenters. The zero-order chi connectivity index (χ0) is 17.9. The van der Waals surface area contributed by atoms with E-state index in [1.54, 1.807) is 48.5 Å². The lowest BCUT2D eigenvalue weighted by molar-refractivity contribution is 0.102. The lowest BCUT2D eigenvalue weighted by Crippen LogP contribution is -2.13. The molecule has 0 saturated heterocycles. The maximum atomic E-state index is 12.6. The first kappa shape index (κ1) is 16.0. The fraction of sp³-hybridized carbons (Fsp3) is 0.0588. The molecule has 0 spiro atoms. The van der Waals surface area contributed by atoms with Crippen LogP contribution in [-0.4, -0.2) is 35.6 Å². The third-order valence-electron chi connectivity index (χ3n) is 3.54. The minimum atomic E-state index is -0.264. The minimum absolute atomic E-state index is 0.264. The smallest absolute Gasteiger partial charge is 0.268 e. The van der Waals surface area contributed by atoms with Gasteiger partial charge in [-0.25, -0.2) is 19.6 Å². The lowest BCUT2D eigenvalue weighted by atomic mass is 10.3. The molecule has 4 heterocycles. The number of pyridine rings is 1. The molecule has 0 bridgehead atoms. The van der Waals surface area contributed by atoms with Crippen LogP contribution < -0.4 is 5.32 Å². The molecule has 8 nitrogen and oxygen atoms in total. The highest BCUT2D eigenvalue weighted by Gasteiger charge is 2.17. The van der Waals surface area contributed by atoms with Gasteiger partial charge in [-0.15, -0.1) is 11.3 Å². The van der Waals surface area contributed by atoms with Crippen LogP contribution >= 0.6 is 11.3 Å². The molecule has 1 N–H and O–H groups in total. The molecular weight excluding hydrogens is 350 g/mol.